The van der Waals surface area contributed by atoms with Crippen LogP contribution in [0, 0.1) is 5.92 Å². The van der Waals surface area contributed by atoms with Crippen molar-refractivity contribution in [1.82, 2.24) is 4.90 Å². The molecule has 142 valence electrons. The zero-order valence-corrected chi connectivity index (χ0v) is 16.5. The first-order valence-electron chi connectivity index (χ1n) is 9.03. The molecule has 0 saturated carbocycles. The summed E-state index contributed by atoms with van der Waals surface area (Å²) in [6, 6.07) is 15.7. The zero-order chi connectivity index (χ0) is 19.4. The lowest BCUT2D eigenvalue weighted by Crippen LogP contribution is -2.29. The maximum atomic E-state index is 13.1. The van der Waals surface area contributed by atoms with Crippen molar-refractivity contribution in [2.75, 3.05) is 31.2 Å². The molecule has 6 heteroatoms. The van der Waals surface area contributed by atoms with E-state index in [1.807, 2.05) is 35.4 Å². The van der Waals surface area contributed by atoms with E-state index in [0.717, 1.165) is 10.6 Å². The first-order chi connectivity index (χ1) is 13.0. The molecule has 0 radical (unpaired) electrons. The van der Waals surface area contributed by atoms with Crippen LogP contribution in [0.2, 0.25) is 0 Å². The van der Waals surface area contributed by atoms with Gasteiger partial charge in [0, 0.05) is 36.4 Å². The second kappa shape index (κ2) is 8.59. The van der Waals surface area contributed by atoms with Crippen molar-refractivity contribution in [3.8, 4) is 0 Å². The van der Waals surface area contributed by atoms with Gasteiger partial charge in [-0.1, -0.05) is 30.3 Å². The van der Waals surface area contributed by atoms with Crippen molar-refractivity contribution in [2.24, 2.45) is 11.7 Å². The average molecular weight is 384 g/mol. The van der Waals surface area contributed by atoms with Gasteiger partial charge in [-0.05, 0) is 42.5 Å². The fourth-order valence-corrected chi connectivity index (χ4v) is 4.24. The molecule has 2 atom stereocenters. The van der Waals surface area contributed by atoms with Crippen LogP contribution >= 0.6 is 11.8 Å². The normalized spacial score (nSPS) is 19.1. The highest BCUT2D eigenvalue weighted by Gasteiger charge is 2.35. The molecule has 3 rings (SSSR count). The number of benzene rings is 2. The lowest BCUT2D eigenvalue weighted by atomic mass is 9.89. The van der Waals surface area contributed by atoms with Crippen LogP contribution in [0.3, 0.4) is 0 Å². The Bertz CT molecular complexity index is 825. The number of rotatable bonds is 5. The summed E-state index contributed by atoms with van der Waals surface area (Å²) in [7, 11) is 0. The lowest BCUT2D eigenvalue weighted by molar-refractivity contribution is -0.114. The number of amides is 2. The van der Waals surface area contributed by atoms with E-state index in [9.17, 15) is 9.59 Å². The Morgan fingerprint density at radius 3 is 2.56 bits per heavy atom. The molecule has 1 saturated heterocycles. The molecule has 2 aromatic rings. The minimum absolute atomic E-state index is 0.0107. The Morgan fingerprint density at radius 1 is 1.19 bits per heavy atom. The van der Waals surface area contributed by atoms with Gasteiger partial charge < -0.3 is 16.0 Å². The number of likely N-dealkylation sites (tertiary alicyclic amines) is 1. The Balaban J connectivity index is 1.80. The fourth-order valence-electron chi connectivity index (χ4n) is 3.65. The largest absolute Gasteiger partial charge is 0.338 e. The molecule has 0 aliphatic carbocycles. The number of hydrogen-bond donors (Lipinski definition) is 2. The van der Waals surface area contributed by atoms with Crippen LogP contribution in [0.4, 0.5) is 5.69 Å². The quantitative estimate of drug-likeness (QED) is 0.778. The third-order valence-corrected chi connectivity index (χ3v) is 5.80. The van der Waals surface area contributed by atoms with E-state index in [0.29, 0.717) is 25.2 Å². The van der Waals surface area contributed by atoms with E-state index in [1.54, 1.807) is 12.1 Å². The summed E-state index contributed by atoms with van der Waals surface area (Å²) >= 11 is 1.51. The number of carbonyl (C=O) groups excluding carboxylic acids is 2. The van der Waals surface area contributed by atoms with E-state index in [1.165, 1.54) is 24.2 Å². The van der Waals surface area contributed by atoms with Gasteiger partial charge in [0.05, 0.1) is 5.69 Å². The van der Waals surface area contributed by atoms with E-state index in [-0.39, 0.29) is 23.7 Å². The number of thioether (sulfide) groups is 1. The van der Waals surface area contributed by atoms with E-state index >= 15 is 0 Å². The van der Waals surface area contributed by atoms with Crippen LogP contribution < -0.4 is 11.1 Å². The van der Waals surface area contributed by atoms with Crippen molar-refractivity contribution in [1.29, 1.82) is 0 Å². The highest BCUT2D eigenvalue weighted by atomic mass is 32.2. The Kier molecular flexibility index (Phi) is 6.19. The second-order valence-electron chi connectivity index (χ2n) is 6.82. The number of carbonyl (C=O) groups is 2. The third kappa shape index (κ3) is 4.34. The van der Waals surface area contributed by atoms with E-state index < -0.39 is 0 Å². The first-order valence-corrected chi connectivity index (χ1v) is 10.3. The molecule has 1 aliphatic rings. The van der Waals surface area contributed by atoms with Gasteiger partial charge in [-0.3, -0.25) is 9.59 Å². The van der Waals surface area contributed by atoms with Gasteiger partial charge >= 0.3 is 0 Å². The predicted octanol–water partition coefficient (Wildman–Crippen LogP) is 3.18. The molecule has 1 heterocycles. The minimum Gasteiger partial charge on any atom is -0.338 e. The van der Waals surface area contributed by atoms with Crippen molar-refractivity contribution < 1.29 is 9.59 Å². The molecule has 27 heavy (non-hydrogen) atoms. The zero-order valence-electron chi connectivity index (χ0n) is 15.6. The summed E-state index contributed by atoms with van der Waals surface area (Å²) in [5, 5.41) is 2.80. The molecule has 2 amide bonds. The molecule has 0 aromatic heterocycles. The summed E-state index contributed by atoms with van der Waals surface area (Å²) in [5.41, 5.74) is 8.59. The molecule has 2 aromatic carbocycles. The molecular formula is C21H25N3O2S. The smallest absolute Gasteiger partial charge is 0.253 e. The van der Waals surface area contributed by atoms with Gasteiger partial charge in [0.15, 0.2) is 0 Å². The Labute approximate surface area is 164 Å². The monoisotopic (exact) mass is 383 g/mol. The van der Waals surface area contributed by atoms with E-state index in [4.69, 9.17) is 5.73 Å². The first kappa shape index (κ1) is 19.5. The van der Waals surface area contributed by atoms with Crippen molar-refractivity contribution in [3.63, 3.8) is 0 Å². The lowest BCUT2D eigenvalue weighted by Gasteiger charge is -2.18. The predicted molar refractivity (Wildman–Crippen MR) is 110 cm³/mol. The molecule has 1 fully saturated rings. The van der Waals surface area contributed by atoms with Gasteiger partial charge in [0.2, 0.25) is 5.91 Å². The molecular weight excluding hydrogens is 358 g/mol. The molecule has 0 bridgehead atoms. The van der Waals surface area contributed by atoms with Gasteiger partial charge in [-0.2, -0.15) is 0 Å². The number of nitrogens with zero attached hydrogens (tertiary/aromatic N) is 1. The summed E-state index contributed by atoms with van der Waals surface area (Å²) in [4.78, 5) is 27.2. The number of nitrogens with two attached hydrogens (primary N) is 1. The summed E-state index contributed by atoms with van der Waals surface area (Å²) in [6.07, 6.45) is 1.93. The van der Waals surface area contributed by atoms with Crippen molar-refractivity contribution in [3.05, 3.63) is 59.7 Å². The molecule has 0 unspecified atom stereocenters. The standard InChI is InChI=1S/C21H25N3O2S/c1-14(25)23-19-9-8-16(10-20(19)27-2)21(26)24-12-17(11-22)18(13-24)15-6-4-3-5-7-15/h3-10,17-18H,11-13,22H2,1-2H3,(H,23,25)/t17-,18+/m1/s1. The van der Waals surface area contributed by atoms with Crippen LogP contribution in [0.25, 0.3) is 0 Å². The highest BCUT2D eigenvalue weighted by molar-refractivity contribution is 7.98. The van der Waals surface area contributed by atoms with Gasteiger partial charge in [0.1, 0.15) is 0 Å². The SMILES string of the molecule is CSc1cc(C(=O)N2C[C@@H](CN)[C@H](c3ccccc3)C2)ccc1NC(C)=O. The molecule has 0 spiro atoms. The third-order valence-electron chi connectivity index (χ3n) is 5.02. The summed E-state index contributed by atoms with van der Waals surface area (Å²) in [6.45, 7) is 3.37. The molecule has 3 N–H and O–H groups in total. The van der Waals surface area contributed by atoms with Crippen LogP contribution in [-0.2, 0) is 4.79 Å². The maximum absolute atomic E-state index is 13.1. The number of anilines is 1. The summed E-state index contributed by atoms with van der Waals surface area (Å²) in [5.74, 6) is 0.408. The van der Waals surface area contributed by atoms with Gasteiger partial charge in [0.25, 0.3) is 5.91 Å². The van der Waals surface area contributed by atoms with Crippen LogP contribution in [0.15, 0.2) is 53.4 Å². The Morgan fingerprint density at radius 2 is 1.93 bits per heavy atom. The topological polar surface area (TPSA) is 75.4 Å². The number of nitrogens with one attached hydrogen (secondary N) is 1. The maximum Gasteiger partial charge on any atom is 0.253 e. The van der Waals surface area contributed by atoms with Crippen molar-refractivity contribution in [2.45, 2.75) is 17.7 Å². The highest BCUT2D eigenvalue weighted by Crippen LogP contribution is 2.34. The average Bonchev–Trinajstić information content (AvgIpc) is 3.12. The van der Waals surface area contributed by atoms with Gasteiger partial charge in [-0.15, -0.1) is 11.8 Å². The van der Waals surface area contributed by atoms with Gasteiger partial charge in [-0.25, -0.2) is 0 Å². The number of hydrogen-bond acceptors (Lipinski definition) is 4. The Hall–Kier alpha value is -2.31. The van der Waals surface area contributed by atoms with Crippen LogP contribution in [-0.4, -0.2) is 42.6 Å². The second-order valence-corrected chi connectivity index (χ2v) is 7.67. The van der Waals surface area contributed by atoms with E-state index in [2.05, 4.69) is 17.4 Å². The molecule has 1 aliphatic heterocycles. The fraction of sp³-hybridized carbons (Fsp3) is 0.333. The summed E-state index contributed by atoms with van der Waals surface area (Å²) < 4.78 is 0. The minimum atomic E-state index is -0.125. The van der Waals surface area contributed by atoms with Crippen LogP contribution in [0.5, 0.6) is 0 Å². The van der Waals surface area contributed by atoms with Crippen LogP contribution in [0.1, 0.15) is 28.8 Å². The van der Waals surface area contributed by atoms with Crippen molar-refractivity contribution >= 4 is 29.3 Å². The molecule has 5 nitrogen and oxygen atoms in total.